The molecule has 1 amide bonds. The second-order valence-corrected chi connectivity index (χ2v) is 11.7. The summed E-state index contributed by atoms with van der Waals surface area (Å²) in [4.78, 5) is 30.1. The first-order valence-corrected chi connectivity index (χ1v) is 15.1. The van der Waals surface area contributed by atoms with E-state index in [1.54, 1.807) is 37.3 Å². The van der Waals surface area contributed by atoms with Crippen LogP contribution in [0.3, 0.4) is 0 Å². The summed E-state index contributed by atoms with van der Waals surface area (Å²) in [5.74, 6) is 0.870. The lowest BCUT2D eigenvalue weighted by molar-refractivity contribution is -0.137. The number of benzene rings is 2. The smallest absolute Gasteiger partial charge is 0.337 e. The normalized spacial score (nSPS) is 16.9. The number of aromatic nitrogens is 4. The predicted molar refractivity (Wildman–Crippen MR) is 164 cm³/mol. The molecule has 2 aromatic carbocycles. The number of nitrogens with one attached hydrogen (secondary N) is 1. The van der Waals surface area contributed by atoms with Crippen LogP contribution in [0.4, 0.5) is 18.0 Å². The number of alkyl halides is 3. The summed E-state index contributed by atoms with van der Waals surface area (Å²) < 4.78 is 44.4. The van der Waals surface area contributed by atoms with Crippen LogP contribution in [0.15, 0.2) is 65.6 Å². The number of nitriles is 1. The summed E-state index contributed by atoms with van der Waals surface area (Å²) >= 11 is 0. The van der Waals surface area contributed by atoms with Gasteiger partial charge in [0.05, 0.1) is 46.2 Å². The highest BCUT2D eigenvalue weighted by Crippen LogP contribution is 2.32. The minimum atomic E-state index is -4.62. The Hall–Kier alpha value is -4.63. The van der Waals surface area contributed by atoms with E-state index < -0.39 is 23.5 Å². The molecule has 12 heteroatoms. The topological polar surface area (TPSA) is 101 Å². The highest BCUT2D eigenvalue weighted by molar-refractivity contribution is 5.83. The molecular weight excluding hydrogens is 583 g/mol. The van der Waals surface area contributed by atoms with Crippen molar-refractivity contribution < 1.29 is 18.0 Å². The Morgan fingerprint density at radius 3 is 2.40 bits per heavy atom. The van der Waals surface area contributed by atoms with Crippen LogP contribution < -0.4 is 11.0 Å². The standard InChI is InChI=1S/C33H36F3N7O2/c1-4-40(3)21-25-10-8-24(9-11-25)20-38-31(44)42-30(29-16-17-39-43(29)27-14-12-23(19-37)13-15-27)22(2)41(32(42)45)28-7-5-6-26(18-28)33(34,35)36/h5-7,12-18,24-25H,4,8-11,20-21H2,1-3H3,(H,38,44). The third-order valence-electron chi connectivity index (χ3n) is 8.66. The van der Waals surface area contributed by atoms with Gasteiger partial charge in [0.25, 0.3) is 0 Å². The Balaban J connectivity index is 1.52. The predicted octanol–water partition coefficient (Wildman–Crippen LogP) is 6.01. The molecule has 236 valence electrons. The van der Waals surface area contributed by atoms with Gasteiger partial charge in [-0.15, -0.1) is 0 Å². The van der Waals surface area contributed by atoms with Crippen molar-refractivity contribution in [2.24, 2.45) is 11.8 Å². The molecule has 2 aromatic heterocycles. The van der Waals surface area contributed by atoms with Crippen molar-refractivity contribution in [2.75, 3.05) is 26.7 Å². The lowest BCUT2D eigenvalue weighted by atomic mass is 9.82. The summed E-state index contributed by atoms with van der Waals surface area (Å²) in [6.07, 6.45) is 0.931. The summed E-state index contributed by atoms with van der Waals surface area (Å²) in [5.41, 5.74) is 0.155. The van der Waals surface area contributed by atoms with E-state index in [9.17, 15) is 28.0 Å². The van der Waals surface area contributed by atoms with Crippen LogP contribution >= 0.6 is 0 Å². The highest BCUT2D eigenvalue weighted by atomic mass is 19.4. The first-order valence-electron chi connectivity index (χ1n) is 15.1. The molecule has 1 aliphatic rings. The van der Waals surface area contributed by atoms with Crippen molar-refractivity contribution in [2.45, 2.75) is 45.7 Å². The van der Waals surface area contributed by atoms with Gasteiger partial charge in [0.15, 0.2) is 0 Å². The van der Waals surface area contributed by atoms with E-state index >= 15 is 0 Å². The SMILES string of the molecule is CCN(C)CC1CCC(CNC(=O)n2c(-c3ccnn3-c3ccc(C#N)cc3)c(C)n(-c3cccc(C(F)(F)F)c3)c2=O)CC1. The van der Waals surface area contributed by atoms with Crippen molar-refractivity contribution in [1.82, 2.24) is 29.1 Å². The Morgan fingerprint density at radius 2 is 1.76 bits per heavy atom. The molecule has 0 aliphatic heterocycles. The molecule has 1 fully saturated rings. The van der Waals surface area contributed by atoms with Gasteiger partial charge in [0.1, 0.15) is 5.69 Å². The monoisotopic (exact) mass is 619 g/mol. The maximum absolute atomic E-state index is 14.0. The molecule has 4 aromatic rings. The van der Waals surface area contributed by atoms with E-state index in [0.29, 0.717) is 29.4 Å². The maximum Gasteiger partial charge on any atom is 0.416 e. The number of amides is 1. The zero-order valence-electron chi connectivity index (χ0n) is 25.5. The van der Waals surface area contributed by atoms with Crippen LogP contribution in [-0.2, 0) is 6.18 Å². The molecule has 0 radical (unpaired) electrons. The lowest BCUT2D eigenvalue weighted by Crippen LogP contribution is -2.40. The first kappa shape index (κ1) is 31.8. The van der Waals surface area contributed by atoms with Gasteiger partial charge in [-0.3, -0.25) is 4.57 Å². The Morgan fingerprint density at radius 1 is 1.07 bits per heavy atom. The molecule has 0 unspecified atom stereocenters. The van der Waals surface area contributed by atoms with E-state index in [4.69, 9.17) is 0 Å². The van der Waals surface area contributed by atoms with Crippen LogP contribution in [0.25, 0.3) is 22.8 Å². The molecule has 0 saturated heterocycles. The fourth-order valence-electron chi connectivity index (χ4n) is 6.08. The van der Waals surface area contributed by atoms with E-state index in [2.05, 4.69) is 35.4 Å². The number of halogens is 3. The van der Waals surface area contributed by atoms with Crippen LogP contribution in [0.5, 0.6) is 0 Å². The van der Waals surface area contributed by atoms with Gasteiger partial charge in [0.2, 0.25) is 0 Å². The van der Waals surface area contributed by atoms with E-state index in [1.165, 1.54) is 23.0 Å². The largest absolute Gasteiger partial charge is 0.416 e. The summed E-state index contributed by atoms with van der Waals surface area (Å²) in [7, 11) is 2.11. The number of hydrogen-bond donors (Lipinski definition) is 1. The highest BCUT2D eigenvalue weighted by Gasteiger charge is 2.32. The van der Waals surface area contributed by atoms with Crippen LogP contribution in [0.2, 0.25) is 0 Å². The molecular formula is C33H36F3N7O2. The number of hydrogen-bond acceptors (Lipinski definition) is 5. The van der Waals surface area contributed by atoms with Gasteiger partial charge in [-0.1, -0.05) is 13.0 Å². The molecule has 1 saturated carbocycles. The fourth-order valence-corrected chi connectivity index (χ4v) is 6.08. The maximum atomic E-state index is 14.0. The number of carbonyl (C=O) groups is 1. The molecule has 1 N–H and O–H groups in total. The summed E-state index contributed by atoms with van der Waals surface area (Å²) in [5, 5.41) is 16.5. The lowest BCUT2D eigenvalue weighted by Gasteiger charge is -2.31. The molecule has 1 aliphatic carbocycles. The van der Waals surface area contributed by atoms with Crippen molar-refractivity contribution in [3.63, 3.8) is 0 Å². The van der Waals surface area contributed by atoms with Crippen LogP contribution in [0, 0.1) is 30.1 Å². The van der Waals surface area contributed by atoms with E-state index in [-0.39, 0.29) is 23.0 Å². The van der Waals surface area contributed by atoms with Gasteiger partial charge in [-0.05, 0) is 107 Å². The number of carbonyl (C=O) groups excluding carboxylic acids is 1. The van der Waals surface area contributed by atoms with Gasteiger partial charge in [0, 0.05) is 13.1 Å². The Labute approximate surface area is 259 Å². The summed E-state index contributed by atoms with van der Waals surface area (Å²) in [6.45, 7) is 6.15. The summed E-state index contributed by atoms with van der Waals surface area (Å²) in [6, 6.07) is 14.1. The van der Waals surface area contributed by atoms with Crippen molar-refractivity contribution in [3.05, 3.63) is 88.1 Å². The molecule has 5 rings (SSSR count). The average molecular weight is 620 g/mol. The molecule has 0 atom stereocenters. The van der Waals surface area contributed by atoms with E-state index in [0.717, 1.165) is 60.0 Å². The zero-order valence-corrected chi connectivity index (χ0v) is 25.5. The van der Waals surface area contributed by atoms with Gasteiger partial charge >= 0.3 is 17.9 Å². The third kappa shape index (κ3) is 6.73. The molecule has 45 heavy (non-hydrogen) atoms. The molecule has 2 heterocycles. The number of nitrogens with zero attached hydrogens (tertiary/aromatic N) is 6. The zero-order chi connectivity index (χ0) is 32.3. The van der Waals surface area contributed by atoms with Crippen molar-refractivity contribution >= 4 is 6.03 Å². The molecule has 0 spiro atoms. The third-order valence-corrected chi connectivity index (χ3v) is 8.66. The second kappa shape index (κ2) is 13.2. The number of rotatable bonds is 8. The molecule has 0 bridgehead atoms. The van der Waals surface area contributed by atoms with Gasteiger partial charge in [-0.25, -0.2) is 18.8 Å². The van der Waals surface area contributed by atoms with Crippen molar-refractivity contribution in [1.29, 1.82) is 5.26 Å². The molecule has 9 nitrogen and oxygen atoms in total. The van der Waals surface area contributed by atoms with Crippen molar-refractivity contribution in [3.8, 4) is 28.8 Å². The second-order valence-electron chi connectivity index (χ2n) is 11.7. The first-order chi connectivity index (χ1) is 21.5. The van der Waals surface area contributed by atoms with Crippen LogP contribution in [-0.4, -0.2) is 56.5 Å². The Kier molecular flexibility index (Phi) is 9.29. The minimum absolute atomic E-state index is 0.0140. The quantitative estimate of drug-likeness (QED) is 0.261. The van der Waals surface area contributed by atoms with Crippen LogP contribution in [0.1, 0.15) is 49.4 Å². The number of imidazole rings is 1. The van der Waals surface area contributed by atoms with Gasteiger partial charge in [-0.2, -0.15) is 23.5 Å². The van der Waals surface area contributed by atoms with E-state index in [1.807, 2.05) is 0 Å². The fraction of sp³-hybridized carbons (Fsp3) is 0.394. The van der Waals surface area contributed by atoms with Gasteiger partial charge < -0.3 is 10.2 Å². The average Bonchev–Trinajstić information content (AvgIpc) is 3.61. The Bertz CT molecular complexity index is 1750. The minimum Gasteiger partial charge on any atom is -0.337 e.